The van der Waals surface area contributed by atoms with Crippen molar-refractivity contribution in [2.45, 2.75) is 11.9 Å². The Labute approximate surface area is 114 Å². The average Bonchev–Trinajstić information content (AvgIpc) is 2.33. The second kappa shape index (κ2) is 4.83. The van der Waals surface area contributed by atoms with Gasteiger partial charge in [-0.15, -0.1) is 0 Å². The van der Waals surface area contributed by atoms with Crippen molar-refractivity contribution >= 4 is 16.0 Å². The maximum Gasteiger partial charge on any atom is 0.534 e. The fourth-order valence-corrected chi connectivity index (χ4v) is 2.20. The highest BCUT2D eigenvalue weighted by molar-refractivity contribution is 7.88. The van der Waals surface area contributed by atoms with Crippen LogP contribution in [0.3, 0.4) is 0 Å². The summed E-state index contributed by atoms with van der Waals surface area (Å²) >= 11 is 0. The quantitative estimate of drug-likeness (QED) is 0.506. The molecular weight excluding hydrogens is 325 g/mol. The summed E-state index contributed by atoms with van der Waals surface area (Å²) in [7, 11) is -6.14. The molecule has 21 heavy (non-hydrogen) atoms. The number of hydrogen-bond acceptors (Lipinski definition) is 4. The molecule has 0 spiro atoms. The number of amides is 1. The number of alkyl halides is 3. The van der Waals surface area contributed by atoms with Crippen LogP contribution < -0.4 is 9.50 Å². The van der Waals surface area contributed by atoms with Gasteiger partial charge in [-0.3, -0.25) is 4.79 Å². The summed E-state index contributed by atoms with van der Waals surface area (Å²) in [5.41, 5.74) is -7.01. The molecule has 1 N–H and O–H groups in total. The predicted octanol–water partition coefficient (Wildman–Crippen LogP) is 1.48. The number of benzene rings is 1. The standard InChI is InChI=1S/C10H6F5NO4S/c11-5-3-6(20-21(18,19)10(13,14)15)8(12)4-1-2-16-9(17)7(4)5/h3H,1-2H2,(H,16,17). The fourth-order valence-electron chi connectivity index (χ4n) is 1.75. The lowest BCUT2D eigenvalue weighted by Crippen LogP contribution is -2.34. The lowest BCUT2D eigenvalue weighted by Gasteiger charge is -2.19. The summed E-state index contributed by atoms with van der Waals surface area (Å²) < 4.78 is 89.2. The third kappa shape index (κ3) is 2.64. The summed E-state index contributed by atoms with van der Waals surface area (Å²) in [5.74, 6) is -5.29. The zero-order chi connectivity index (χ0) is 16.0. The number of carbonyl (C=O) groups is 1. The van der Waals surface area contributed by atoms with E-state index in [1.807, 2.05) is 0 Å². The van der Waals surface area contributed by atoms with Crippen LogP contribution in [0.4, 0.5) is 22.0 Å². The Balaban J connectivity index is 2.54. The molecule has 0 saturated carbocycles. The minimum Gasteiger partial charge on any atom is -0.373 e. The lowest BCUT2D eigenvalue weighted by atomic mass is 9.99. The third-order valence-electron chi connectivity index (χ3n) is 2.65. The molecule has 0 aromatic heterocycles. The van der Waals surface area contributed by atoms with Crippen LogP contribution in [0, 0.1) is 11.6 Å². The summed E-state index contributed by atoms with van der Waals surface area (Å²) in [6.07, 6.45) is -0.215. The van der Waals surface area contributed by atoms with Crippen molar-refractivity contribution in [2.75, 3.05) is 6.54 Å². The number of fused-ring (bicyclic) bond motifs is 1. The first kappa shape index (κ1) is 15.5. The van der Waals surface area contributed by atoms with Gasteiger partial charge in [0.2, 0.25) is 0 Å². The zero-order valence-corrected chi connectivity index (χ0v) is 10.7. The molecule has 0 aliphatic carbocycles. The number of nitrogens with one attached hydrogen (secondary N) is 1. The van der Waals surface area contributed by atoms with E-state index in [9.17, 15) is 35.2 Å². The van der Waals surface area contributed by atoms with Crippen molar-refractivity contribution in [2.24, 2.45) is 0 Å². The number of hydrogen-bond donors (Lipinski definition) is 1. The molecule has 0 radical (unpaired) electrons. The first-order chi connectivity index (χ1) is 9.54. The van der Waals surface area contributed by atoms with Crippen molar-refractivity contribution in [1.29, 1.82) is 0 Å². The molecule has 0 saturated heterocycles. The van der Waals surface area contributed by atoms with Gasteiger partial charge in [-0.25, -0.2) is 8.78 Å². The van der Waals surface area contributed by atoms with Crippen molar-refractivity contribution in [3.05, 3.63) is 28.8 Å². The molecular formula is C10H6F5NO4S. The molecule has 1 aromatic rings. The molecule has 0 bridgehead atoms. The normalized spacial score (nSPS) is 15.4. The predicted molar refractivity (Wildman–Crippen MR) is 58.0 cm³/mol. The maximum atomic E-state index is 13.9. The van der Waals surface area contributed by atoms with Crippen LogP contribution in [0.2, 0.25) is 0 Å². The molecule has 1 amide bonds. The van der Waals surface area contributed by atoms with E-state index in [4.69, 9.17) is 0 Å². The van der Waals surface area contributed by atoms with Gasteiger partial charge in [-0.05, 0) is 6.42 Å². The van der Waals surface area contributed by atoms with E-state index in [2.05, 4.69) is 9.50 Å². The van der Waals surface area contributed by atoms with Gasteiger partial charge >= 0.3 is 15.6 Å². The Morgan fingerprint density at radius 3 is 2.43 bits per heavy atom. The van der Waals surface area contributed by atoms with Crippen LogP contribution in [0.5, 0.6) is 5.75 Å². The first-order valence-corrected chi connectivity index (χ1v) is 6.75. The van der Waals surface area contributed by atoms with Crippen molar-refractivity contribution < 1.29 is 39.3 Å². The fraction of sp³-hybridized carbons (Fsp3) is 0.300. The van der Waals surface area contributed by atoms with E-state index < -0.39 is 50.0 Å². The molecule has 0 atom stereocenters. The van der Waals surface area contributed by atoms with Crippen LogP contribution in [0.1, 0.15) is 15.9 Å². The molecule has 0 unspecified atom stereocenters. The molecule has 1 heterocycles. The molecule has 2 rings (SSSR count). The molecule has 116 valence electrons. The lowest BCUT2D eigenvalue weighted by molar-refractivity contribution is -0.0501. The summed E-state index contributed by atoms with van der Waals surface area (Å²) in [6.45, 7) is -0.0718. The Kier molecular flexibility index (Phi) is 3.56. The van der Waals surface area contributed by atoms with Crippen molar-refractivity contribution in [3.8, 4) is 5.75 Å². The van der Waals surface area contributed by atoms with Crippen LogP contribution in [-0.2, 0) is 16.5 Å². The van der Waals surface area contributed by atoms with Gasteiger partial charge in [-0.2, -0.15) is 21.6 Å². The monoisotopic (exact) mass is 331 g/mol. The van der Waals surface area contributed by atoms with Crippen LogP contribution in [0.25, 0.3) is 0 Å². The molecule has 0 fully saturated rings. The summed E-state index contributed by atoms with van der Waals surface area (Å²) in [5, 5.41) is 2.21. The topological polar surface area (TPSA) is 72.5 Å². The van der Waals surface area contributed by atoms with E-state index in [0.29, 0.717) is 0 Å². The van der Waals surface area contributed by atoms with Crippen LogP contribution >= 0.6 is 0 Å². The highest BCUT2D eigenvalue weighted by atomic mass is 32.2. The van der Waals surface area contributed by atoms with Gasteiger partial charge in [0.15, 0.2) is 11.6 Å². The van der Waals surface area contributed by atoms with E-state index in [-0.39, 0.29) is 19.0 Å². The van der Waals surface area contributed by atoms with Gasteiger partial charge in [-0.1, -0.05) is 0 Å². The number of rotatable bonds is 2. The smallest absolute Gasteiger partial charge is 0.373 e. The minimum atomic E-state index is -6.14. The highest BCUT2D eigenvalue weighted by Gasteiger charge is 2.49. The summed E-state index contributed by atoms with van der Waals surface area (Å²) in [6, 6.07) is 0.0857. The Morgan fingerprint density at radius 2 is 1.86 bits per heavy atom. The van der Waals surface area contributed by atoms with Gasteiger partial charge in [0.1, 0.15) is 5.82 Å². The van der Waals surface area contributed by atoms with E-state index in [1.165, 1.54) is 0 Å². The molecule has 1 aliphatic heterocycles. The van der Waals surface area contributed by atoms with E-state index in [1.54, 1.807) is 0 Å². The number of halogens is 5. The second-order valence-corrected chi connectivity index (χ2v) is 5.55. The van der Waals surface area contributed by atoms with Gasteiger partial charge in [0.25, 0.3) is 5.91 Å². The highest BCUT2D eigenvalue weighted by Crippen LogP contribution is 2.33. The van der Waals surface area contributed by atoms with Gasteiger partial charge in [0.05, 0.1) is 5.56 Å². The van der Waals surface area contributed by atoms with E-state index >= 15 is 0 Å². The van der Waals surface area contributed by atoms with E-state index in [0.717, 1.165) is 0 Å². The van der Waals surface area contributed by atoms with Crippen molar-refractivity contribution in [1.82, 2.24) is 5.32 Å². The maximum absolute atomic E-state index is 13.9. The average molecular weight is 331 g/mol. The van der Waals surface area contributed by atoms with Gasteiger partial charge in [0, 0.05) is 18.2 Å². The Morgan fingerprint density at radius 1 is 1.24 bits per heavy atom. The molecule has 1 aromatic carbocycles. The SMILES string of the molecule is O=C1NCCc2c(F)c(OS(=O)(=O)C(F)(F)F)cc(F)c21. The van der Waals surface area contributed by atoms with Crippen LogP contribution in [-0.4, -0.2) is 26.4 Å². The third-order valence-corrected chi connectivity index (χ3v) is 3.62. The Bertz CT molecular complexity index is 713. The molecule has 5 nitrogen and oxygen atoms in total. The van der Waals surface area contributed by atoms with Crippen molar-refractivity contribution in [3.63, 3.8) is 0 Å². The first-order valence-electron chi connectivity index (χ1n) is 5.34. The number of carbonyl (C=O) groups excluding carboxylic acids is 1. The molecule has 1 aliphatic rings. The van der Waals surface area contributed by atoms with Gasteiger partial charge < -0.3 is 9.50 Å². The zero-order valence-electron chi connectivity index (χ0n) is 9.92. The van der Waals surface area contributed by atoms with Crippen LogP contribution in [0.15, 0.2) is 6.07 Å². The molecule has 11 heteroatoms. The minimum absolute atomic E-state index is 0.0718. The second-order valence-electron chi connectivity index (χ2n) is 4.01. The Hall–Kier alpha value is -1.91. The summed E-state index contributed by atoms with van der Waals surface area (Å²) in [4.78, 5) is 11.4. The largest absolute Gasteiger partial charge is 0.534 e.